The first-order valence-corrected chi connectivity index (χ1v) is 9.26. The highest BCUT2D eigenvalue weighted by molar-refractivity contribution is 5.88. The molecule has 0 atom stereocenters. The number of H-pyrrole nitrogens is 2. The molecule has 144 valence electrons. The summed E-state index contributed by atoms with van der Waals surface area (Å²) in [4.78, 5) is 18.4. The van der Waals surface area contributed by atoms with Crippen molar-refractivity contribution in [1.29, 1.82) is 0 Å². The largest absolute Gasteiger partial charge is 0.483 e. The number of aromatic nitrogens is 2. The van der Waals surface area contributed by atoms with Crippen LogP contribution in [0.15, 0.2) is 42.6 Å². The molecule has 6 heteroatoms. The van der Waals surface area contributed by atoms with E-state index in [0.717, 1.165) is 33.1 Å². The second-order valence-corrected chi connectivity index (χ2v) is 6.93. The molecule has 0 aliphatic carbocycles. The van der Waals surface area contributed by atoms with Gasteiger partial charge in [0.15, 0.2) is 6.61 Å². The van der Waals surface area contributed by atoms with E-state index in [9.17, 15) is 9.18 Å². The molecule has 3 N–H and O–H groups in total. The van der Waals surface area contributed by atoms with Gasteiger partial charge in [-0.05, 0) is 55.7 Å². The number of carbonyl (C=O) groups excluding carboxylic acids is 1. The van der Waals surface area contributed by atoms with Crippen LogP contribution in [0.25, 0.3) is 21.8 Å². The number of aromatic amines is 2. The highest BCUT2D eigenvalue weighted by Crippen LogP contribution is 2.28. The Balaban J connectivity index is 1.37. The van der Waals surface area contributed by atoms with Crippen molar-refractivity contribution in [3.63, 3.8) is 0 Å². The van der Waals surface area contributed by atoms with Gasteiger partial charge in [0, 0.05) is 34.7 Å². The molecule has 4 aromatic rings. The number of hydrogen-bond acceptors (Lipinski definition) is 2. The number of fused-ring (bicyclic) bond motifs is 2. The monoisotopic (exact) mass is 379 g/mol. The summed E-state index contributed by atoms with van der Waals surface area (Å²) >= 11 is 0. The van der Waals surface area contributed by atoms with Crippen LogP contribution < -0.4 is 10.1 Å². The van der Waals surface area contributed by atoms with Crippen LogP contribution in [0.5, 0.6) is 5.75 Å². The van der Waals surface area contributed by atoms with Gasteiger partial charge in [0.25, 0.3) is 5.91 Å². The topological polar surface area (TPSA) is 69.9 Å². The number of carbonyl (C=O) groups is 1. The van der Waals surface area contributed by atoms with E-state index in [1.54, 1.807) is 6.07 Å². The molecule has 0 radical (unpaired) electrons. The maximum atomic E-state index is 14.0. The van der Waals surface area contributed by atoms with Crippen molar-refractivity contribution in [2.24, 2.45) is 0 Å². The zero-order valence-corrected chi connectivity index (χ0v) is 15.9. The highest BCUT2D eigenvalue weighted by atomic mass is 19.1. The Kier molecular flexibility index (Phi) is 4.77. The van der Waals surface area contributed by atoms with Gasteiger partial charge in [-0.3, -0.25) is 4.79 Å². The van der Waals surface area contributed by atoms with Crippen LogP contribution in [0.2, 0.25) is 0 Å². The molecule has 0 spiro atoms. The lowest BCUT2D eigenvalue weighted by atomic mass is 10.0. The molecule has 0 aliphatic rings. The van der Waals surface area contributed by atoms with Gasteiger partial charge in [-0.1, -0.05) is 12.1 Å². The number of amides is 1. The fraction of sp³-hybridized carbons (Fsp3) is 0.227. The summed E-state index contributed by atoms with van der Waals surface area (Å²) in [6, 6.07) is 10.9. The van der Waals surface area contributed by atoms with Crippen molar-refractivity contribution in [2.75, 3.05) is 13.2 Å². The number of hydrogen-bond donors (Lipinski definition) is 3. The molecule has 2 heterocycles. The molecular formula is C22H22FN3O2. The molecule has 0 fully saturated rings. The summed E-state index contributed by atoms with van der Waals surface area (Å²) in [6.45, 7) is 4.30. The molecule has 0 aliphatic heterocycles. The van der Waals surface area contributed by atoms with Crippen LogP contribution in [0.4, 0.5) is 4.39 Å². The third-order valence-electron chi connectivity index (χ3n) is 5.04. The van der Waals surface area contributed by atoms with Crippen LogP contribution >= 0.6 is 0 Å². The predicted molar refractivity (Wildman–Crippen MR) is 108 cm³/mol. The standard InChI is InChI=1S/C22H22FN3O2/c1-13-6-7-17(23)22-21(13)15(14(2)26-22)8-11-25-20(27)12-28-19-5-3-4-18-16(19)9-10-24-18/h3-7,9-10,24,26H,8,11-12H2,1-2H3,(H,25,27). The summed E-state index contributed by atoms with van der Waals surface area (Å²) in [5, 5.41) is 4.73. The van der Waals surface area contributed by atoms with Crippen LogP contribution in [-0.2, 0) is 11.2 Å². The Bertz CT molecular complexity index is 1160. The normalized spacial score (nSPS) is 11.2. The minimum absolute atomic E-state index is 0.0508. The number of ether oxygens (including phenoxy) is 1. The molecule has 0 bridgehead atoms. The van der Waals surface area contributed by atoms with Gasteiger partial charge < -0.3 is 20.0 Å². The fourth-order valence-electron chi connectivity index (χ4n) is 3.66. The SMILES string of the molecule is Cc1[nH]c2c(F)ccc(C)c2c1CCNC(=O)COc1cccc2[nH]ccc12. The van der Waals surface area contributed by atoms with Crippen molar-refractivity contribution >= 4 is 27.7 Å². The zero-order valence-electron chi connectivity index (χ0n) is 15.9. The van der Waals surface area contributed by atoms with E-state index in [-0.39, 0.29) is 18.3 Å². The molecule has 2 aromatic heterocycles. The molecule has 28 heavy (non-hydrogen) atoms. The first-order chi connectivity index (χ1) is 13.5. The smallest absolute Gasteiger partial charge is 0.257 e. The van der Waals surface area contributed by atoms with Crippen molar-refractivity contribution in [3.8, 4) is 5.75 Å². The minimum Gasteiger partial charge on any atom is -0.483 e. The maximum absolute atomic E-state index is 14.0. The van der Waals surface area contributed by atoms with Crippen LogP contribution in [0.1, 0.15) is 16.8 Å². The van der Waals surface area contributed by atoms with Gasteiger partial charge in [0.2, 0.25) is 0 Å². The summed E-state index contributed by atoms with van der Waals surface area (Å²) in [5.74, 6) is 0.228. The fourth-order valence-corrected chi connectivity index (χ4v) is 3.66. The molecule has 4 rings (SSSR count). The first kappa shape index (κ1) is 18.1. The van der Waals surface area contributed by atoms with E-state index < -0.39 is 0 Å². The zero-order chi connectivity index (χ0) is 19.7. The molecule has 0 saturated carbocycles. The van der Waals surface area contributed by atoms with Crippen LogP contribution in [0.3, 0.4) is 0 Å². The lowest BCUT2D eigenvalue weighted by molar-refractivity contribution is -0.123. The molecule has 0 saturated heterocycles. The lowest BCUT2D eigenvalue weighted by Gasteiger charge is -2.09. The van der Waals surface area contributed by atoms with Gasteiger partial charge in [-0.25, -0.2) is 4.39 Å². The van der Waals surface area contributed by atoms with E-state index in [1.165, 1.54) is 6.07 Å². The number of rotatable bonds is 6. The van der Waals surface area contributed by atoms with Gasteiger partial charge in [-0.15, -0.1) is 0 Å². The number of nitrogens with one attached hydrogen (secondary N) is 3. The molecule has 5 nitrogen and oxygen atoms in total. The van der Waals surface area contributed by atoms with Crippen molar-refractivity contribution in [2.45, 2.75) is 20.3 Å². The quantitative estimate of drug-likeness (QED) is 0.471. The van der Waals surface area contributed by atoms with Crippen molar-refractivity contribution in [3.05, 3.63) is 65.2 Å². The third-order valence-corrected chi connectivity index (χ3v) is 5.04. The number of benzene rings is 2. The third kappa shape index (κ3) is 3.33. The number of aryl methyl sites for hydroxylation is 2. The summed E-state index contributed by atoms with van der Waals surface area (Å²) in [6.07, 6.45) is 2.46. The highest BCUT2D eigenvalue weighted by Gasteiger charge is 2.14. The minimum atomic E-state index is -0.258. The Morgan fingerprint density at radius 3 is 2.89 bits per heavy atom. The van der Waals surface area contributed by atoms with Crippen molar-refractivity contribution in [1.82, 2.24) is 15.3 Å². The van der Waals surface area contributed by atoms with Gasteiger partial charge >= 0.3 is 0 Å². The Morgan fingerprint density at radius 2 is 2.04 bits per heavy atom. The average molecular weight is 379 g/mol. The Morgan fingerprint density at radius 1 is 1.18 bits per heavy atom. The lowest BCUT2D eigenvalue weighted by Crippen LogP contribution is -2.30. The summed E-state index contributed by atoms with van der Waals surface area (Å²) in [5.41, 5.74) is 4.47. The first-order valence-electron chi connectivity index (χ1n) is 9.26. The van der Waals surface area contributed by atoms with Crippen LogP contribution in [-0.4, -0.2) is 29.0 Å². The molecule has 0 unspecified atom stereocenters. The average Bonchev–Trinajstić information content (AvgIpc) is 3.29. The van der Waals surface area contributed by atoms with Crippen LogP contribution in [0, 0.1) is 19.7 Å². The molecular weight excluding hydrogens is 357 g/mol. The maximum Gasteiger partial charge on any atom is 0.257 e. The summed E-state index contributed by atoms with van der Waals surface area (Å²) in [7, 11) is 0. The molecule has 2 aromatic carbocycles. The van der Waals surface area contributed by atoms with E-state index in [0.29, 0.717) is 24.2 Å². The molecule has 1 amide bonds. The Labute approximate surface area is 161 Å². The predicted octanol–water partition coefficient (Wildman–Crippen LogP) is 4.14. The van der Waals surface area contributed by atoms with E-state index in [1.807, 2.05) is 44.3 Å². The van der Waals surface area contributed by atoms with Gasteiger partial charge in [0.1, 0.15) is 11.6 Å². The van der Waals surface area contributed by atoms with E-state index in [2.05, 4.69) is 15.3 Å². The second kappa shape index (κ2) is 7.38. The Hall–Kier alpha value is -3.28. The number of halogens is 1. The van der Waals surface area contributed by atoms with Gasteiger partial charge in [-0.2, -0.15) is 0 Å². The summed E-state index contributed by atoms with van der Waals surface area (Å²) < 4.78 is 19.7. The van der Waals surface area contributed by atoms with E-state index in [4.69, 9.17) is 4.74 Å². The van der Waals surface area contributed by atoms with E-state index >= 15 is 0 Å². The van der Waals surface area contributed by atoms with Gasteiger partial charge in [0.05, 0.1) is 5.52 Å². The second-order valence-electron chi connectivity index (χ2n) is 6.93. The van der Waals surface area contributed by atoms with Crippen molar-refractivity contribution < 1.29 is 13.9 Å².